The molecule has 154 valence electrons. The smallest absolute Gasteiger partial charge is 0.277 e. The zero-order chi connectivity index (χ0) is 21.7. The zero-order valence-electron chi connectivity index (χ0n) is 15.8. The number of rotatable bonds is 7. The van der Waals surface area contributed by atoms with Gasteiger partial charge >= 0.3 is 0 Å². The molecule has 2 aromatic carbocycles. The summed E-state index contributed by atoms with van der Waals surface area (Å²) in [4.78, 5) is 43.3. The lowest BCUT2D eigenvalue weighted by Crippen LogP contribution is -2.23. The van der Waals surface area contributed by atoms with Gasteiger partial charge in [0.25, 0.3) is 11.5 Å². The van der Waals surface area contributed by atoms with Crippen LogP contribution in [0, 0.1) is 5.82 Å². The molecule has 1 amide bonds. The number of aromatic nitrogens is 2. The second-order valence-electron chi connectivity index (χ2n) is 6.03. The van der Waals surface area contributed by atoms with E-state index in [0.717, 1.165) is 23.9 Å². The molecule has 30 heavy (non-hydrogen) atoms. The SMILES string of the molecule is COc1ccc(C(=O)CSc2nc(N)c(NC(=O)c3ccc(F)cc3)c(=O)[nH]2)cc1. The van der Waals surface area contributed by atoms with Gasteiger partial charge in [-0.05, 0) is 48.5 Å². The van der Waals surface area contributed by atoms with Crippen LogP contribution >= 0.6 is 11.8 Å². The fourth-order valence-electron chi connectivity index (χ4n) is 2.44. The average molecular weight is 428 g/mol. The summed E-state index contributed by atoms with van der Waals surface area (Å²) in [5.41, 5.74) is 5.55. The molecule has 0 spiro atoms. The summed E-state index contributed by atoms with van der Waals surface area (Å²) in [6, 6.07) is 11.4. The molecular formula is C20H17FN4O4S. The highest BCUT2D eigenvalue weighted by atomic mass is 32.2. The third-order valence-corrected chi connectivity index (χ3v) is 4.90. The van der Waals surface area contributed by atoms with E-state index >= 15 is 0 Å². The van der Waals surface area contributed by atoms with Crippen LogP contribution in [0.5, 0.6) is 5.75 Å². The van der Waals surface area contributed by atoms with E-state index in [4.69, 9.17) is 10.5 Å². The van der Waals surface area contributed by atoms with E-state index in [9.17, 15) is 18.8 Å². The zero-order valence-corrected chi connectivity index (χ0v) is 16.6. The Hall–Kier alpha value is -3.66. The molecule has 0 radical (unpaired) electrons. The van der Waals surface area contributed by atoms with E-state index in [1.807, 2.05) is 0 Å². The van der Waals surface area contributed by atoms with E-state index < -0.39 is 17.3 Å². The monoisotopic (exact) mass is 428 g/mol. The second-order valence-corrected chi connectivity index (χ2v) is 7.00. The summed E-state index contributed by atoms with van der Waals surface area (Å²) in [5.74, 6) is -0.835. The van der Waals surface area contributed by atoms with Crippen molar-refractivity contribution < 1.29 is 18.7 Å². The molecule has 1 aromatic heterocycles. The number of H-pyrrole nitrogens is 1. The molecule has 1 heterocycles. The average Bonchev–Trinajstić information content (AvgIpc) is 2.75. The van der Waals surface area contributed by atoms with Gasteiger partial charge in [-0.25, -0.2) is 9.37 Å². The number of nitrogen functional groups attached to an aromatic ring is 1. The first-order valence-electron chi connectivity index (χ1n) is 8.64. The molecule has 4 N–H and O–H groups in total. The number of hydrogen-bond acceptors (Lipinski definition) is 7. The first kappa shape index (κ1) is 21.1. The standard InChI is InChI=1S/C20H17FN4O4S/c1-29-14-8-4-11(5-9-14)15(26)10-30-20-24-17(22)16(19(28)25-20)23-18(27)12-2-6-13(21)7-3-12/h2-9H,10H2,1H3,(H,23,27)(H3,22,24,25,28). The number of thioether (sulfide) groups is 1. The van der Waals surface area contributed by atoms with Crippen molar-refractivity contribution in [3.8, 4) is 5.75 Å². The third kappa shape index (κ3) is 5.03. The van der Waals surface area contributed by atoms with Crippen LogP contribution in [0.3, 0.4) is 0 Å². The Morgan fingerprint density at radius 2 is 1.77 bits per heavy atom. The molecule has 0 saturated carbocycles. The highest BCUT2D eigenvalue weighted by Gasteiger charge is 2.15. The second kappa shape index (κ2) is 9.23. The maximum absolute atomic E-state index is 13.0. The van der Waals surface area contributed by atoms with Gasteiger partial charge in [0.2, 0.25) is 0 Å². The lowest BCUT2D eigenvalue weighted by atomic mass is 10.1. The lowest BCUT2D eigenvalue weighted by Gasteiger charge is -2.08. The Balaban J connectivity index is 1.67. The van der Waals surface area contributed by atoms with Crippen molar-refractivity contribution in [1.29, 1.82) is 0 Å². The molecule has 8 nitrogen and oxygen atoms in total. The minimum Gasteiger partial charge on any atom is -0.497 e. The van der Waals surface area contributed by atoms with E-state index in [2.05, 4.69) is 15.3 Å². The van der Waals surface area contributed by atoms with Gasteiger partial charge in [-0.3, -0.25) is 19.4 Å². The normalized spacial score (nSPS) is 10.5. The number of carbonyl (C=O) groups excluding carboxylic acids is 2. The first-order valence-corrected chi connectivity index (χ1v) is 9.62. The molecule has 10 heteroatoms. The summed E-state index contributed by atoms with van der Waals surface area (Å²) in [5, 5.41) is 2.50. The molecule has 0 aliphatic heterocycles. The summed E-state index contributed by atoms with van der Waals surface area (Å²) in [6.45, 7) is 0. The molecule has 3 rings (SSSR count). The van der Waals surface area contributed by atoms with Gasteiger partial charge in [0.05, 0.1) is 12.9 Å². The number of Topliss-reactive ketones (excluding diaryl/α,β-unsaturated/α-hetero) is 1. The first-order chi connectivity index (χ1) is 14.4. The number of amides is 1. The van der Waals surface area contributed by atoms with Gasteiger partial charge < -0.3 is 15.8 Å². The minimum atomic E-state index is -0.669. The number of carbonyl (C=O) groups is 2. The van der Waals surface area contributed by atoms with E-state index in [1.54, 1.807) is 24.3 Å². The maximum Gasteiger partial charge on any atom is 0.277 e. The number of methoxy groups -OCH3 is 1. The number of halogens is 1. The summed E-state index contributed by atoms with van der Waals surface area (Å²) < 4.78 is 18.0. The van der Waals surface area contributed by atoms with Crippen molar-refractivity contribution in [2.45, 2.75) is 5.16 Å². The van der Waals surface area contributed by atoms with Gasteiger partial charge in [0.1, 0.15) is 17.3 Å². The Kier molecular flexibility index (Phi) is 6.48. The van der Waals surface area contributed by atoms with Crippen LogP contribution in [-0.4, -0.2) is 34.5 Å². The number of aromatic amines is 1. The highest BCUT2D eigenvalue weighted by Crippen LogP contribution is 2.19. The number of hydrogen-bond donors (Lipinski definition) is 3. The Morgan fingerprint density at radius 3 is 2.37 bits per heavy atom. The fraction of sp³-hybridized carbons (Fsp3) is 0.100. The summed E-state index contributed by atoms with van der Waals surface area (Å²) in [6.07, 6.45) is 0. The number of benzene rings is 2. The van der Waals surface area contributed by atoms with Crippen molar-refractivity contribution in [1.82, 2.24) is 9.97 Å². The molecule has 0 unspecified atom stereocenters. The Labute approximate surface area is 174 Å². The Morgan fingerprint density at radius 1 is 1.13 bits per heavy atom. The predicted octanol–water partition coefficient (Wildman–Crippen LogP) is 2.73. The summed E-state index contributed by atoms with van der Waals surface area (Å²) in [7, 11) is 1.53. The fourth-order valence-corrected chi connectivity index (χ4v) is 3.20. The molecule has 0 fully saturated rings. The number of nitrogens with one attached hydrogen (secondary N) is 2. The van der Waals surface area contributed by atoms with Crippen LogP contribution in [-0.2, 0) is 0 Å². The van der Waals surface area contributed by atoms with Crippen molar-refractivity contribution >= 4 is 35.0 Å². The van der Waals surface area contributed by atoms with Crippen molar-refractivity contribution in [3.63, 3.8) is 0 Å². The Bertz CT molecular complexity index is 1130. The maximum atomic E-state index is 13.0. The van der Waals surface area contributed by atoms with E-state index in [1.165, 1.54) is 19.2 Å². The van der Waals surface area contributed by atoms with Crippen LogP contribution in [0.2, 0.25) is 0 Å². The number of ether oxygens (including phenoxy) is 1. The van der Waals surface area contributed by atoms with Gasteiger partial charge in [-0.1, -0.05) is 11.8 Å². The quantitative estimate of drug-likeness (QED) is 0.300. The molecule has 0 aliphatic carbocycles. The number of nitrogens with zero attached hydrogens (tertiary/aromatic N) is 1. The van der Waals surface area contributed by atoms with Crippen LogP contribution in [0.4, 0.5) is 15.9 Å². The van der Waals surface area contributed by atoms with Crippen LogP contribution in [0.25, 0.3) is 0 Å². The minimum absolute atomic E-state index is 0.0238. The van der Waals surface area contributed by atoms with E-state index in [-0.39, 0.29) is 33.8 Å². The highest BCUT2D eigenvalue weighted by molar-refractivity contribution is 7.99. The molecular weight excluding hydrogens is 411 g/mol. The van der Waals surface area contributed by atoms with Crippen LogP contribution < -0.4 is 21.3 Å². The number of ketones is 1. The molecule has 0 aliphatic rings. The number of anilines is 2. The molecule has 0 atom stereocenters. The van der Waals surface area contributed by atoms with Gasteiger partial charge in [-0.2, -0.15) is 0 Å². The molecule has 0 saturated heterocycles. The van der Waals surface area contributed by atoms with Crippen molar-refractivity contribution in [2.75, 3.05) is 23.9 Å². The van der Waals surface area contributed by atoms with Gasteiger partial charge in [0, 0.05) is 11.1 Å². The van der Waals surface area contributed by atoms with Crippen LogP contribution in [0.15, 0.2) is 58.5 Å². The van der Waals surface area contributed by atoms with E-state index in [0.29, 0.717) is 11.3 Å². The predicted molar refractivity (Wildman–Crippen MR) is 112 cm³/mol. The number of nitrogens with two attached hydrogens (primary N) is 1. The lowest BCUT2D eigenvalue weighted by molar-refractivity contribution is 0.101. The molecule has 0 bridgehead atoms. The topological polar surface area (TPSA) is 127 Å². The van der Waals surface area contributed by atoms with Crippen molar-refractivity contribution in [2.24, 2.45) is 0 Å². The van der Waals surface area contributed by atoms with Gasteiger partial charge in [-0.15, -0.1) is 0 Å². The van der Waals surface area contributed by atoms with Crippen molar-refractivity contribution in [3.05, 3.63) is 75.8 Å². The molecule has 3 aromatic rings. The third-order valence-electron chi connectivity index (χ3n) is 4.02. The van der Waals surface area contributed by atoms with Crippen LogP contribution in [0.1, 0.15) is 20.7 Å². The van der Waals surface area contributed by atoms with Gasteiger partial charge in [0.15, 0.2) is 16.8 Å². The summed E-state index contributed by atoms with van der Waals surface area (Å²) >= 11 is 1.01. The largest absolute Gasteiger partial charge is 0.497 e.